The molecule has 120 valence electrons. The second kappa shape index (κ2) is 6.86. The van der Waals surface area contributed by atoms with Gasteiger partial charge in [0.15, 0.2) is 0 Å². The molecule has 23 heavy (non-hydrogen) atoms. The van der Waals surface area contributed by atoms with Crippen molar-refractivity contribution in [2.45, 2.75) is 26.3 Å². The molecule has 0 radical (unpaired) electrons. The predicted molar refractivity (Wildman–Crippen MR) is 94.9 cm³/mol. The number of amides is 1. The van der Waals surface area contributed by atoms with E-state index in [0.29, 0.717) is 6.54 Å². The van der Waals surface area contributed by atoms with Crippen LogP contribution < -0.4 is 4.90 Å². The van der Waals surface area contributed by atoms with Crippen LogP contribution in [0, 0.1) is 6.92 Å². The molecule has 1 saturated heterocycles. The van der Waals surface area contributed by atoms with Gasteiger partial charge in [-0.2, -0.15) is 0 Å². The first-order valence-corrected chi connectivity index (χ1v) is 8.31. The van der Waals surface area contributed by atoms with Gasteiger partial charge in [0.25, 0.3) is 5.91 Å². The van der Waals surface area contributed by atoms with Gasteiger partial charge in [-0.15, -0.1) is 0 Å². The second-order valence-electron chi connectivity index (χ2n) is 6.30. The number of anilines is 1. The van der Waals surface area contributed by atoms with Crippen molar-refractivity contribution in [3.05, 3.63) is 65.2 Å². The lowest BCUT2D eigenvalue weighted by molar-refractivity contribution is 0.0784. The van der Waals surface area contributed by atoms with Gasteiger partial charge in [-0.1, -0.05) is 36.4 Å². The van der Waals surface area contributed by atoms with E-state index in [1.807, 2.05) is 43.1 Å². The molecule has 0 aliphatic carbocycles. The van der Waals surface area contributed by atoms with Crippen molar-refractivity contribution in [2.75, 3.05) is 25.0 Å². The lowest BCUT2D eigenvalue weighted by atomic mass is 10.1. The summed E-state index contributed by atoms with van der Waals surface area (Å²) in [4.78, 5) is 17.0. The molecule has 1 amide bonds. The molecule has 0 unspecified atom stereocenters. The third-order valence-corrected chi connectivity index (χ3v) is 4.57. The van der Waals surface area contributed by atoms with Crippen LogP contribution in [0.25, 0.3) is 0 Å². The molecule has 2 aromatic carbocycles. The number of nitrogens with zero attached hydrogens (tertiary/aromatic N) is 2. The van der Waals surface area contributed by atoms with E-state index in [0.717, 1.165) is 24.2 Å². The van der Waals surface area contributed by atoms with Crippen LogP contribution in [0.4, 0.5) is 5.69 Å². The SMILES string of the molecule is Cc1ccccc1C(=O)N(C)Cc1ccccc1N1CCCC1. The van der Waals surface area contributed by atoms with Crippen LogP contribution in [0.2, 0.25) is 0 Å². The van der Waals surface area contributed by atoms with Crippen molar-refractivity contribution in [3.63, 3.8) is 0 Å². The molecule has 1 fully saturated rings. The van der Waals surface area contributed by atoms with Crippen LogP contribution in [-0.2, 0) is 6.54 Å². The summed E-state index contributed by atoms with van der Waals surface area (Å²) in [6.45, 7) is 4.86. The second-order valence-corrected chi connectivity index (χ2v) is 6.30. The van der Waals surface area contributed by atoms with E-state index >= 15 is 0 Å². The van der Waals surface area contributed by atoms with Gasteiger partial charge in [0.2, 0.25) is 0 Å². The van der Waals surface area contributed by atoms with Crippen LogP contribution >= 0.6 is 0 Å². The van der Waals surface area contributed by atoms with Gasteiger partial charge in [-0.05, 0) is 43.0 Å². The van der Waals surface area contributed by atoms with Gasteiger partial charge in [0.05, 0.1) is 0 Å². The van der Waals surface area contributed by atoms with Gasteiger partial charge in [-0.25, -0.2) is 0 Å². The molecular weight excluding hydrogens is 284 g/mol. The maximum absolute atomic E-state index is 12.7. The van der Waals surface area contributed by atoms with E-state index in [9.17, 15) is 4.79 Å². The zero-order chi connectivity index (χ0) is 16.2. The van der Waals surface area contributed by atoms with E-state index in [1.165, 1.54) is 24.1 Å². The first-order valence-electron chi connectivity index (χ1n) is 8.31. The number of carbonyl (C=O) groups excluding carboxylic acids is 1. The molecule has 1 aliphatic rings. The van der Waals surface area contributed by atoms with E-state index < -0.39 is 0 Å². The summed E-state index contributed by atoms with van der Waals surface area (Å²) in [6, 6.07) is 16.2. The number of carbonyl (C=O) groups is 1. The van der Waals surface area contributed by atoms with Crippen LogP contribution in [-0.4, -0.2) is 30.9 Å². The van der Waals surface area contributed by atoms with Gasteiger partial charge < -0.3 is 9.80 Å². The zero-order valence-electron chi connectivity index (χ0n) is 14.0. The van der Waals surface area contributed by atoms with E-state index in [1.54, 1.807) is 0 Å². The van der Waals surface area contributed by atoms with Crippen molar-refractivity contribution in [3.8, 4) is 0 Å². The minimum absolute atomic E-state index is 0.0827. The standard InChI is InChI=1S/C20H24N2O/c1-16-9-3-5-11-18(16)20(23)21(2)15-17-10-4-6-12-19(17)22-13-7-8-14-22/h3-6,9-12H,7-8,13-15H2,1-2H3. The van der Waals surface area contributed by atoms with Gasteiger partial charge in [0, 0.05) is 37.9 Å². The average Bonchev–Trinajstić information content (AvgIpc) is 3.09. The summed E-state index contributed by atoms with van der Waals surface area (Å²) >= 11 is 0. The highest BCUT2D eigenvalue weighted by Gasteiger charge is 2.18. The highest BCUT2D eigenvalue weighted by molar-refractivity contribution is 5.95. The zero-order valence-corrected chi connectivity index (χ0v) is 14.0. The fourth-order valence-electron chi connectivity index (χ4n) is 3.26. The summed E-state index contributed by atoms with van der Waals surface area (Å²) in [7, 11) is 1.88. The molecule has 1 aliphatic heterocycles. The molecule has 2 aromatic rings. The number of hydrogen-bond acceptors (Lipinski definition) is 2. The Hall–Kier alpha value is -2.29. The Labute approximate surface area is 138 Å². The third-order valence-electron chi connectivity index (χ3n) is 4.57. The number of rotatable bonds is 4. The summed E-state index contributed by atoms with van der Waals surface area (Å²) in [5.41, 5.74) is 4.30. The molecule has 0 saturated carbocycles. The Bertz CT molecular complexity index is 690. The maximum Gasteiger partial charge on any atom is 0.254 e. The fourth-order valence-corrected chi connectivity index (χ4v) is 3.26. The van der Waals surface area contributed by atoms with Crippen molar-refractivity contribution in [1.29, 1.82) is 0 Å². The average molecular weight is 308 g/mol. The summed E-state index contributed by atoms with van der Waals surface area (Å²) in [6.07, 6.45) is 2.51. The quantitative estimate of drug-likeness (QED) is 0.856. The topological polar surface area (TPSA) is 23.6 Å². The third kappa shape index (κ3) is 3.39. The van der Waals surface area contributed by atoms with Crippen LogP contribution in [0.5, 0.6) is 0 Å². The molecule has 0 N–H and O–H groups in total. The summed E-state index contributed by atoms with van der Waals surface area (Å²) in [5.74, 6) is 0.0827. The highest BCUT2D eigenvalue weighted by atomic mass is 16.2. The van der Waals surface area contributed by atoms with Crippen molar-refractivity contribution in [2.24, 2.45) is 0 Å². The number of para-hydroxylation sites is 1. The Kier molecular flexibility index (Phi) is 4.65. The van der Waals surface area contributed by atoms with Gasteiger partial charge in [-0.3, -0.25) is 4.79 Å². The Morgan fingerprint density at radius 3 is 2.43 bits per heavy atom. The van der Waals surface area contributed by atoms with Crippen molar-refractivity contribution in [1.82, 2.24) is 4.90 Å². The molecule has 0 spiro atoms. The number of benzene rings is 2. The molecule has 0 aromatic heterocycles. The smallest absolute Gasteiger partial charge is 0.254 e. The van der Waals surface area contributed by atoms with Crippen molar-refractivity contribution >= 4 is 11.6 Å². The van der Waals surface area contributed by atoms with E-state index in [2.05, 4.69) is 29.2 Å². The fraction of sp³-hybridized carbons (Fsp3) is 0.350. The lowest BCUT2D eigenvalue weighted by Gasteiger charge is -2.25. The Morgan fingerprint density at radius 1 is 1.04 bits per heavy atom. The molecule has 3 nitrogen and oxygen atoms in total. The van der Waals surface area contributed by atoms with Crippen LogP contribution in [0.1, 0.15) is 34.3 Å². The van der Waals surface area contributed by atoms with Gasteiger partial charge in [0.1, 0.15) is 0 Å². The maximum atomic E-state index is 12.7. The Morgan fingerprint density at radius 2 is 1.70 bits per heavy atom. The molecule has 3 heteroatoms. The summed E-state index contributed by atoms with van der Waals surface area (Å²) < 4.78 is 0. The molecule has 0 atom stereocenters. The van der Waals surface area contributed by atoms with E-state index in [4.69, 9.17) is 0 Å². The van der Waals surface area contributed by atoms with E-state index in [-0.39, 0.29) is 5.91 Å². The van der Waals surface area contributed by atoms with Crippen LogP contribution in [0.15, 0.2) is 48.5 Å². The van der Waals surface area contributed by atoms with Crippen molar-refractivity contribution < 1.29 is 4.79 Å². The first-order chi connectivity index (χ1) is 11.2. The van der Waals surface area contributed by atoms with Crippen LogP contribution in [0.3, 0.4) is 0 Å². The highest BCUT2D eigenvalue weighted by Crippen LogP contribution is 2.25. The normalized spacial score (nSPS) is 14.1. The number of hydrogen-bond donors (Lipinski definition) is 0. The van der Waals surface area contributed by atoms with Gasteiger partial charge >= 0.3 is 0 Å². The monoisotopic (exact) mass is 308 g/mol. The molecule has 3 rings (SSSR count). The molecule has 0 bridgehead atoms. The largest absolute Gasteiger partial charge is 0.371 e. The lowest BCUT2D eigenvalue weighted by Crippen LogP contribution is -2.28. The molecular formula is C20H24N2O. The number of aryl methyl sites for hydroxylation is 1. The minimum Gasteiger partial charge on any atom is -0.371 e. The Balaban J connectivity index is 1.79. The summed E-state index contributed by atoms with van der Waals surface area (Å²) in [5, 5.41) is 0. The minimum atomic E-state index is 0.0827. The predicted octanol–water partition coefficient (Wildman–Crippen LogP) is 3.87. The first kappa shape index (κ1) is 15.6. The molecule has 1 heterocycles.